The van der Waals surface area contributed by atoms with E-state index in [2.05, 4.69) is 20.1 Å². The lowest BCUT2D eigenvalue weighted by molar-refractivity contribution is 0.561. The van der Waals surface area contributed by atoms with E-state index in [0.717, 1.165) is 24.0 Å². The zero-order valence-corrected chi connectivity index (χ0v) is 12.8. The van der Waals surface area contributed by atoms with E-state index in [1.807, 2.05) is 17.8 Å². The second-order valence-corrected chi connectivity index (χ2v) is 6.94. The molecule has 4 rings (SSSR count). The molecule has 0 unspecified atom stereocenters. The standard InChI is InChI=1S/C15H20N4OS/c1-2-12(1)14-17-18-15(19(14)13-3-4-13)21-8-6-16-9-11-5-7-20-10-11/h5,7,10,12-13,16H,1-4,6,8-9H2. The number of furan rings is 1. The van der Waals surface area contributed by atoms with Crippen LogP contribution in [0.1, 0.15) is 49.0 Å². The van der Waals surface area contributed by atoms with E-state index in [9.17, 15) is 0 Å². The maximum Gasteiger partial charge on any atom is 0.191 e. The van der Waals surface area contributed by atoms with Crippen LogP contribution < -0.4 is 5.32 Å². The van der Waals surface area contributed by atoms with Gasteiger partial charge in [-0.25, -0.2) is 0 Å². The Kier molecular flexibility index (Phi) is 3.73. The third-order valence-corrected chi connectivity index (χ3v) is 4.91. The molecule has 0 bridgehead atoms. The Morgan fingerprint density at radius 3 is 2.90 bits per heavy atom. The van der Waals surface area contributed by atoms with Crippen molar-refractivity contribution in [3.05, 3.63) is 30.0 Å². The van der Waals surface area contributed by atoms with Crippen LogP contribution in [0.3, 0.4) is 0 Å². The van der Waals surface area contributed by atoms with Gasteiger partial charge in [0.25, 0.3) is 0 Å². The van der Waals surface area contributed by atoms with Crippen molar-refractivity contribution in [1.29, 1.82) is 0 Å². The molecule has 2 aromatic heterocycles. The highest BCUT2D eigenvalue weighted by molar-refractivity contribution is 7.99. The van der Waals surface area contributed by atoms with Crippen molar-refractivity contribution < 1.29 is 4.42 Å². The van der Waals surface area contributed by atoms with Gasteiger partial charge in [0, 0.05) is 36.4 Å². The Labute approximate surface area is 128 Å². The topological polar surface area (TPSA) is 55.9 Å². The molecule has 5 nitrogen and oxygen atoms in total. The molecular weight excluding hydrogens is 284 g/mol. The quantitative estimate of drug-likeness (QED) is 0.600. The van der Waals surface area contributed by atoms with Crippen LogP contribution in [0.15, 0.2) is 28.2 Å². The third kappa shape index (κ3) is 3.16. The summed E-state index contributed by atoms with van der Waals surface area (Å²) in [6.07, 6.45) is 8.67. The second kappa shape index (κ2) is 5.85. The Morgan fingerprint density at radius 2 is 2.19 bits per heavy atom. The SMILES string of the molecule is c1cc(CNCCSc2nnc(C3CC3)n2C2CC2)co1. The Morgan fingerprint density at radius 1 is 1.29 bits per heavy atom. The molecule has 2 aliphatic rings. The molecule has 0 aliphatic heterocycles. The molecule has 2 aromatic rings. The van der Waals surface area contributed by atoms with E-state index in [1.54, 1.807) is 12.5 Å². The summed E-state index contributed by atoms with van der Waals surface area (Å²) in [5, 5.41) is 13.4. The van der Waals surface area contributed by atoms with Gasteiger partial charge < -0.3 is 14.3 Å². The number of thioether (sulfide) groups is 1. The number of hydrogen-bond acceptors (Lipinski definition) is 5. The minimum atomic E-state index is 0.678. The molecule has 0 atom stereocenters. The maximum absolute atomic E-state index is 5.05. The number of nitrogens with zero attached hydrogens (tertiary/aromatic N) is 3. The van der Waals surface area contributed by atoms with Crippen LogP contribution in [0.25, 0.3) is 0 Å². The molecule has 21 heavy (non-hydrogen) atoms. The molecule has 112 valence electrons. The third-order valence-electron chi connectivity index (χ3n) is 3.96. The molecule has 1 N–H and O–H groups in total. The molecule has 2 fully saturated rings. The Hall–Kier alpha value is -1.27. The minimum absolute atomic E-state index is 0.678. The van der Waals surface area contributed by atoms with Gasteiger partial charge >= 0.3 is 0 Å². The van der Waals surface area contributed by atoms with E-state index in [0.29, 0.717) is 12.0 Å². The van der Waals surface area contributed by atoms with Crippen molar-refractivity contribution in [2.24, 2.45) is 0 Å². The maximum atomic E-state index is 5.05. The highest BCUT2D eigenvalue weighted by atomic mass is 32.2. The first-order chi connectivity index (χ1) is 10.4. The molecule has 6 heteroatoms. The van der Waals surface area contributed by atoms with E-state index in [4.69, 9.17) is 4.42 Å². The fraction of sp³-hybridized carbons (Fsp3) is 0.600. The fourth-order valence-electron chi connectivity index (χ4n) is 2.52. The van der Waals surface area contributed by atoms with Crippen molar-refractivity contribution >= 4 is 11.8 Å². The van der Waals surface area contributed by atoms with Crippen LogP contribution in [-0.2, 0) is 6.54 Å². The summed E-state index contributed by atoms with van der Waals surface area (Å²) < 4.78 is 7.47. The lowest BCUT2D eigenvalue weighted by Gasteiger charge is -2.08. The second-order valence-electron chi connectivity index (χ2n) is 5.87. The largest absolute Gasteiger partial charge is 0.472 e. The van der Waals surface area contributed by atoms with E-state index in [-0.39, 0.29) is 0 Å². The first-order valence-electron chi connectivity index (χ1n) is 7.71. The smallest absolute Gasteiger partial charge is 0.191 e. The normalized spacial score (nSPS) is 18.3. The van der Waals surface area contributed by atoms with Gasteiger partial charge in [-0.05, 0) is 31.7 Å². The lowest BCUT2D eigenvalue weighted by atomic mass is 10.3. The molecule has 0 amide bonds. The highest BCUT2D eigenvalue weighted by Crippen LogP contribution is 2.45. The summed E-state index contributed by atoms with van der Waals surface area (Å²) in [4.78, 5) is 0. The van der Waals surface area contributed by atoms with Crippen LogP contribution >= 0.6 is 11.8 Å². The van der Waals surface area contributed by atoms with Crippen molar-refractivity contribution in [2.45, 2.75) is 49.3 Å². The zero-order valence-electron chi connectivity index (χ0n) is 12.0. The molecular formula is C15H20N4OS. The van der Waals surface area contributed by atoms with E-state index in [1.165, 1.54) is 37.1 Å². The zero-order chi connectivity index (χ0) is 14.1. The summed E-state index contributed by atoms with van der Waals surface area (Å²) in [7, 11) is 0. The minimum Gasteiger partial charge on any atom is -0.472 e. The van der Waals surface area contributed by atoms with Crippen LogP contribution in [0, 0.1) is 0 Å². The van der Waals surface area contributed by atoms with Gasteiger partial charge in [-0.2, -0.15) is 0 Å². The number of rotatable bonds is 8. The van der Waals surface area contributed by atoms with Gasteiger partial charge in [-0.1, -0.05) is 11.8 Å². The average Bonchev–Trinajstić information content (AvgIpc) is 3.42. The fourth-order valence-corrected chi connectivity index (χ4v) is 3.43. The summed E-state index contributed by atoms with van der Waals surface area (Å²) in [5.41, 5.74) is 1.19. The Bertz CT molecular complexity index is 587. The van der Waals surface area contributed by atoms with Gasteiger partial charge in [-0.3, -0.25) is 0 Å². The molecule has 0 saturated heterocycles. The van der Waals surface area contributed by atoms with E-state index >= 15 is 0 Å². The van der Waals surface area contributed by atoms with Gasteiger partial charge in [0.15, 0.2) is 5.16 Å². The Balaban J connectivity index is 1.28. The van der Waals surface area contributed by atoms with Crippen molar-refractivity contribution in [3.8, 4) is 0 Å². The monoisotopic (exact) mass is 304 g/mol. The van der Waals surface area contributed by atoms with Crippen LogP contribution in [-0.4, -0.2) is 27.1 Å². The van der Waals surface area contributed by atoms with Crippen LogP contribution in [0.4, 0.5) is 0 Å². The predicted octanol–water partition coefficient (Wildman–Crippen LogP) is 2.97. The molecule has 2 saturated carbocycles. The molecule has 0 spiro atoms. The molecule has 2 aliphatic carbocycles. The molecule has 2 heterocycles. The van der Waals surface area contributed by atoms with Gasteiger partial charge in [0.05, 0.1) is 12.5 Å². The van der Waals surface area contributed by atoms with Gasteiger partial charge in [0.2, 0.25) is 0 Å². The molecule has 0 aromatic carbocycles. The molecule has 0 radical (unpaired) electrons. The van der Waals surface area contributed by atoms with Gasteiger partial charge in [-0.15, -0.1) is 10.2 Å². The van der Waals surface area contributed by atoms with Crippen LogP contribution in [0.2, 0.25) is 0 Å². The summed E-state index contributed by atoms with van der Waals surface area (Å²) in [6, 6.07) is 2.67. The van der Waals surface area contributed by atoms with Crippen LogP contribution in [0.5, 0.6) is 0 Å². The average molecular weight is 304 g/mol. The van der Waals surface area contributed by atoms with Gasteiger partial charge in [0.1, 0.15) is 5.82 Å². The first kappa shape index (κ1) is 13.4. The predicted molar refractivity (Wildman–Crippen MR) is 81.4 cm³/mol. The summed E-state index contributed by atoms with van der Waals surface area (Å²) >= 11 is 1.82. The lowest BCUT2D eigenvalue weighted by Crippen LogP contribution is -2.16. The van der Waals surface area contributed by atoms with Crippen molar-refractivity contribution in [3.63, 3.8) is 0 Å². The van der Waals surface area contributed by atoms with E-state index < -0.39 is 0 Å². The first-order valence-corrected chi connectivity index (χ1v) is 8.70. The summed E-state index contributed by atoms with van der Waals surface area (Å²) in [5.74, 6) is 2.95. The number of nitrogens with one attached hydrogen (secondary N) is 1. The number of aromatic nitrogens is 3. The van der Waals surface area contributed by atoms with Crippen molar-refractivity contribution in [1.82, 2.24) is 20.1 Å². The highest BCUT2D eigenvalue weighted by Gasteiger charge is 2.36. The summed E-state index contributed by atoms with van der Waals surface area (Å²) in [6.45, 7) is 1.83. The number of hydrogen-bond donors (Lipinski definition) is 1. The van der Waals surface area contributed by atoms with Crippen molar-refractivity contribution in [2.75, 3.05) is 12.3 Å².